The average molecular weight is 402 g/mol. The molecule has 0 atom stereocenters. The summed E-state index contributed by atoms with van der Waals surface area (Å²) in [6.45, 7) is 5.65. The Morgan fingerprint density at radius 1 is 1.03 bits per heavy atom. The van der Waals surface area contributed by atoms with Gasteiger partial charge in [-0.2, -0.15) is 5.10 Å². The van der Waals surface area contributed by atoms with Crippen molar-refractivity contribution in [1.82, 2.24) is 9.78 Å². The standard InChI is InChI=1S/C23H22N4O3/c1-14-21(15(2)27(25-14)19-7-5-4-6-8-19)22(29)23(30)24-18-9-10-20-17(13-18)11-12-26(20)16(3)28/h4-10,13H,11-12H2,1-3H3,(H,24,30). The minimum Gasteiger partial charge on any atom is -0.319 e. The molecule has 3 aromatic rings. The Hall–Kier alpha value is -3.74. The van der Waals surface area contributed by atoms with Crippen LogP contribution in [0.1, 0.15) is 34.2 Å². The molecule has 0 spiro atoms. The summed E-state index contributed by atoms with van der Waals surface area (Å²) in [5, 5.41) is 7.13. The number of para-hydroxylation sites is 1. The van der Waals surface area contributed by atoms with E-state index in [1.165, 1.54) is 6.92 Å². The van der Waals surface area contributed by atoms with Crippen molar-refractivity contribution in [3.05, 3.63) is 71.0 Å². The van der Waals surface area contributed by atoms with E-state index in [4.69, 9.17) is 0 Å². The molecular weight excluding hydrogens is 380 g/mol. The molecule has 1 N–H and O–H groups in total. The fourth-order valence-electron chi connectivity index (χ4n) is 3.90. The highest BCUT2D eigenvalue weighted by Gasteiger charge is 2.26. The van der Waals surface area contributed by atoms with E-state index in [-0.39, 0.29) is 5.91 Å². The molecule has 7 heteroatoms. The van der Waals surface area contributed by atoms with Crippen LogP contribution in [0.15, 0.2) is 48.5 Å². The van der Waals surface area contributed by atoms with Crippen LogP contribution in [-0.4, -0.2) is 33.9 Å². The largest absolute Gasteiger partial charge is 0.319 e. The molecule has 2 aromatic carbocycles. The van der Waals surface area contributed by atoms with E-state index in [0.717, 1.165) is 16.9 Å². The molecule has 0 saturated heterocycles. The first-order valence-electron chi connectivity index (χ1n) is 9.75. The van der Waals surface area contributed by atoms with Gasteiger partial charge < -0.3 is 10.2 Å². The van der Waals surface area contributed by atoms with E-state index in [0.29, 0.717) is 35.6 Å². The zero-order valence-corrected chi connectivity index (χ0v) is 17.1. The molecule has 1 aliphatic heterocycles. The Balaban J connectivity index is 1.56. The summed E-state index contributed by atoms with van der Waals surface area (Å²) in [6.07, 6.45) is 0.717. The monoisotopic (exact) mass is 402 g/mol. The van der Waals surface area contributed by atoms with Crippen LogP contribution in [0, 0.1) is 13.8 Å². The molecule has 152 valence electrons. The number of hydrogen-bond donors (Lipinski definition) is 1. The number of anilines is 2. The molecule has 0 fully saturated rings. The van der Waals surface area contributed by atoms with E-state index in [1.54, 1.807) is 35.6 Å². The average Bonchev–Trinajstić information content (AvgIpc) is 3.28. The Morgan fingerprint density at radius 3 is 2.47 bits per heavy atom. The summed E-state index contributed by atoms with van der Waals surface area (Å²) >= 11 is 0. The summed E-state index contributed by atoms with van der Waals surface area (Å²) in [5.41, 5.74) is 4.60. The van der Waals surface area contributed by atoms with E-state index in [2.05, 4.69) is 10.4 Å². The van der Waals surface area contributed by atoms with Gasteiger partial charge in [0.25, 0.3) is 11.7 Å². The third-order valence-corrected chi connectivity index (χ3v) is 5.34. The SMILES string of the molecule is CC(=O)N1CCc2cc(NC(=O)C(=O)c3c(C)nn(-c4ccccc4)c3C)ccc21. The number of carbonyl (C=O) groups excluding carboxylic acids is 3. The maximum atomic E-state index is 12.9. The number of rotatable bonds is 4. The van der Waals surface area contributed by atoms with Crippen LogP contribution in [0.4, 0.5) is 11.4 Å². The molecule has 0 saturated carbocycles. The number of aryl methyl sites for hydroxylation is 1. The van der Waals surface area contributed by atoms with Crippen LogP contribution in [0.25, 0.3) is 5.69 Å². The van der Waals surface area contributed by atoms with Crippen LogP contribution in [0.5, 0.6) is 0 Å². The minimum atomic E-state index is -0.713. The van der Waals surface area contributed by atoms with Gasteiger partial charge in [0.05, 0.1) is 22.6 Å². The zero-order chi connectivity index (χ0) is 21.4. The first-order chi connectivity index (χ1) is 14.4. The van der Waals surface area contributed by atoms with Gasteiger partial charge in [-0.3, -0.25) is 14.4 Å². The highest BCUT2D eigenvalue weighted by molar-refractivity contribution is 6.47. The van der Waals surface area contributed by atoms with Crippen molar-refractivity contribution in [2.24, 2.45) is 0 Å². The van der Waals surface area contributed by atoms with Gasteiger partial charge in [0.1, 0.15) is 0 Å². The second-order valence-corrected chi connectivity index (χ2v) is 7.34. The molecule has 2 heterocycles. The molecule has 0 unspecified atom stereocenters. The summed E-state index contributed by atoms with van der Waals surface area (Å²) in [4.78, 5) is 39.0. The molecule has 4 rings (SSSR count). The molecule has 0 radical (unpaired) electrons. The second kappa shape index (κ2) is 7.59. The molecule has 1 aliphatic rings. The third kappa shape index (κ3) is 3.39. The van der Waals surface area contributed by atoms with Gasteiger partial charge in [0, 0.05) is 24.8 Å². The highest BCUT2D eigenvalue weighted by atomic mass is 16.2. The first kappa shape index (κ1) is 19.6. The van der Waals surface area contributed by atoms with Gasteiger partial charge in [0.15, 0.2) is 0 Å². The van der Waals surface area contributed by atoms with E-state index < -0.39 is 11.7 Å². The van der Waals surface area contributed by atoms with Crippen LogP contribution in [0.3, 0.4) is 0 Å². The second-order valence-electron chi connectivity index (χ2n) is 7.34. The van der Waals surface area contributed by atoms with Crippen LogP contribution in [-0.2, 0) is 16.0 Å². The Bertz CT molecular complexity index is 1160. The lowest BCUT2D eigenvalue weighted by Gasteiger charge is -2.15. The van der Waals surface area contributed by atoms with Gasteiger partial charge in [-0.25, -0.2) is 4.68 Å². The Labute approximate surface area is 174 Å². The van der Waals surface area contributed by atoms with Gasteiger partial charge in [-0.05, 0) is 56.2 Å². The highest BCUT2D eigenvalue weighted by Crippen LogP contribution is 2.30. The number of nitrogens with zero attached hydrogens (tertiary/aromatic N) is 3. The fourth-order valence-corrected chi connectivity index (χ4v) is 3.90. The van der Waals surface area contributed by atoms with Gasteiger partial charge >= 0.3 is 0 Å². The number of aromatic nitrogens is 2. The lowest BCUT2D eigenvalue weighted by atomic mass is 10.1. The normalized spacial score (nSPS) is 12.6. The number of amides is 2. The van der Waals surface area contributed by atoms with Crippen molar-refractivity contribution in [3.63, 3.8) is 0 Å². The number of ketones is 1. The number of Topliss-reactive ketones (excluding diaryl/α,β-unsaturated/α-hetero) is 1. The van der Waals surface area contributed by atoms with Crippen molar-refractivity contribution < 1.29 is 14.4 Å². The van der Waals surface area contributed by atoms with Gasteiger partial charge in [-0.1, -0.05) is 18.2 Å². The minimum absolute atomic E-state index is 0.0120. The number of benzene rings is 2. The van der Waals surface area contributed by atoms with Crippen molar-refractivity contribution in [2.45, 2.75) is 27.2 Å². The lowest BCUT2D eigenvalue weighted by molar-refractivity contribution is -0.116. The molecule has 0 aliphatic carbocycles. The predicted octanol–water partition coefficient (Wildman–Crippen LogP) is 3.22. The molecule has 30 heavy (non-hydrogen) atoms. The maximum absolute atomic E-state index is 12.9. The fraction of sp³-hybridized carbons (Fsp3) is 0.217. The Morgan fingerprint density at radius 2 is 1.77 bits per heavy atom. The molecule has 2 amide bonds. The first-order valence-corrected chi connectivity index (χ1v) is 9.75. The van der Waals surface area contributed by atoms with E-state index in [9.17, 15) is 14.4 Å². The van der Waals surface area contributed by atoms with Crippen LogP contribution >= 0.6 is 0 Å². The quantitative estimate of drug-likeness (QED) is 0.536. The van der Waals surface area contributed by atoms with Crippen molar-refractivity contribution in [3.8, 4) is 5.69 Å². The third-order valence-electron chi connectivity index (χ3n) is 5.34. The van der Waals surface area contributed by atoms with Crippen molar-refractivity contribution in [2.75, 3.05) is 16.8 Å². The molecule has 7 nitrogen and oxygen atoms in total. The van der Waals surface area contributed by atoms with Crippen LogP contribution < -0.4 is 10.2 Å². The molecule has 1 aromatic heterocycles. The number of carbonyl (C=O) groups is 3. The number of hydrogen-bond acceptors (Lipinski definition) is 4. The smallest absolute Gasteiger partial charge is 0.296 e. The van der Waals surface area contributed by atoms with Gasteiger partial charge in [-0.15, -0.1) is 0 Å². The van der Waals surface area contributed by atoms with E-state index in [1.807, 2.05) is 36.4 Å². The molecule has 0 bridgehead atoms. The summed E-state index contributed by atoms with van der Waals surface area (Å²) in [5.74, 6) is -1.35. The Kier molecular flexibility index (Phi) is 4.95. The molecular formula is C23H22N4O3. The van der Waals surface area contributed by atoms with Crippen molar-refractivity contribution in [1.29, 1.82) is 0 Å². The summed E-state index contributed by atoms with van der Waals surface area (Å²) in [7, 11) is 0. The van der Waals surface area contributed by atoms with E-state index >= 15 is 0 Å². The topological polar surface area (TPSA) is 84.3 Å². The summed E-state index contributed by atoms with van der Waals surface area (Å²) < 4.78 is 1.67. The van der Waals surface area contributed by atoms with Crippen LogP contribution in [0.2, 0.25) is 0 Å². The van der Waals surface area contributed by atoms with Crippen molar-refractivity contribution >= 4 is 29.0 Å². The zero-order valence-electron chi connectivity index (χ0n) is 17.1. The van der Waals surface area contributed by atoms with Gasteiger partial charge in [0.2, 0.25) is 5.91 Å². The predicted molar refractivity (Wildman–Crippen MR) is 114 cm³/mol. The maximum Gasteiger partial charge on any atom is 0.296 e. The number of nitrogens with one attached hydrogen (secondary N) is 1. The number of fused-ring (bicyclic) bond motifs is 1. The lowest BCUT2D eigenvalue weighted by Crippen LogP contribution is -2.25. The summed E-state index contributed by atoms with van der Waals surface area (Å²) in [6, 6.07) is 14.8.